The fourth-order valence-corrected chi connectivity index (χ4v) is 5.28. The highest BCUT2D eigenvalue weighted by atomic mass is 32.2. The topological polar surface area (TPSA) is 86.8 Å². The van der Waals surface area contributed by atoms with E-state index in [0.29, 0.717) is 6.54 Å². The van der Waals surface area contributed by atoms with Crippen LogP contribution in [0, 0.1) is 12.7 Å². The van der Waals surface area contributed by atoms with E-state index in [1.54, 1.807) is 37.3 Å². The number of anilines is 1. The first-order valence-electron chi connectivity index (χ1n) is 12.6. The van der Waals surface area contributed by atoms with E-state index >= 15 is 0 Å². The predicted molar refractivity (Wildman–Crippen MR) is 146 cm³/mol. The standard InChI is InChI=1S/C29H34FN3O4S/c1-4-5-19-31-29(35)23(3)32(20-24-13-11-22(2)12-14-24)28(34)21-33(26-9-7-6-8-10-26)38(36,37)27-17-15-25(30)16-18-27/h6-18,23H,4-5,19-21H2,1-3H3,(H,31,35)/t23-/m0/s1. The summed E-state index contributed by atoms with van der Waals surface area (Å²) in [6.07, 6.45) is 1.72. The molecule has 0 spiro atoms. The largest absolute Gasteiger partial charge is 0.354 e. The Morgan fingerprint density at radius 2 is 1.58 bits per heavy atom. The third kappa shape index (κ3) is 7.41. The number of hydrogen-bond donors (Lipinski definition) is 1. The first-order valence-corrected chi connectivity index (χ1v) is 14.0. The maximum absolute atomic E-state index is 13.8. The van der Waals surface area contributed by atoms with Crippen LogP contribution >= 0.6 is 0 Å². The van der Waals surface area contributed by atoms with Crippen LogP contribution in [0.5, 0.6) is 0 Å². The number of rotatable bonds is 12. The lowest BCUT2D eigenvalue weighted by molar-refractivity contribution is -0.139. The summed E-state index contributed by atoms with van der Waals surface area (Å²) in [6.45, 7) is 5.68. The Bertz CT molecular complexity index is 1310. The molecule has 38 heavy (non-hydrogen) atoms. The molecule has 0 unspecified atom stereocenters. The van der Waals surface area contributed by atoms with Crippen molar-refractivity contribution in [1.29, 1.82) is 0 Å². The fraction of sp³-hybridized carbons (Fsp3) is 0.310. The number of unbranched alkanes of at least 4 members (excludes halogenated alkanes) is 1. The van der Waals surface area contributed by atoms with E-state index in [0.717, 1.165) is 40.4 Å². The average molecular weight is 540 g/mol. The molecule has 3 aromatic carbocycles. The molecule has 0 radical (unpaired) electrons. The van der Waals surface area contributed by atoms with E-state index in [9.17, 15) is 22.4 Å². The minimum atomic E-state index is -4.22. The highest BCUT2D eigenvalue weighted by Crippen LogP contribution is 2.24. The second-order valence-corrected chi connectivity index (χ2v) is 11.0. The summed E-state index contributed by atoms with van der Waals surface area (Å²) in [4.78, 5) is 28.0. The van der Waals surface area contributed by atoms with E-state index in [4.69, 9.17) is 0 Å². The molecule has 0 saturated carbocycles. The predicted octanol–water partition coefficient (Wildman–Crippen LogP) is 4.66. The van der Waals surface area contributed by atoms with Crippen LogP contribution in [0.2, 0.25) is 0 Å². The molecule has 0 aromatic heterocycles. The Labute approximate surface area is 224 Å². The summed E-state index contributed by atoms with van der Waals surface area (Å²) < 4.78 is 41.8. The lowest BCUT2D eigenvalue weighted by Gasteiger charge is -2.32. The second kappa shape index (κ2) is 13.2. The molecule has 202 valence electrons. The number of halogens is 1. The van der Waals surface area contributed by atoms with Crippen LogP contribution < -0.4 is 9.62 Å². The van der Waals surface area contributed by atoms with Gasteiger partial charge < -0.3 is 10.2 Å². The van der Waals surface area contributed by atoms with Gasteiger partial charge in [0, 0.05) is 13.1 Å². The highest BCUT2D eigenvalue weighted by Gasteiger charge is 2.32. The van der Waals surface area contributed by atoms with Crippen molar-refractivity contribution < 1.29 is 22.4 Å². The smallest absolute Gasteiger partial charge is 0.264 e. The number of nitrogens with one attached hydrogen (secondary N) is 1. The third-order valence-corrected chi connectivity index (χ3v) is 7.98. The molecule has 0 saturated heterocycles. The molecule has 0 aliphatic heterocycles. The third-order valence-electron chi connectivity index (χ3n) is 6.20. The number of sulfonamides is 1. The van der Waals surface area contributed by atoms with Gasteiger partial charge in [-0.1, -0.05) is 61.4 Å². The summed E-state index contributed by atoms with van der Waals surface area (Å²) in [5, 5.41) is 2.86. The van der Waals surface area contributed by atoms with Gasteiger partial charge in [-0.2, -0.15) is 0 Å². The van der Waals surface area contributed by atoms with Crippen LogP contribution in [-0.2, 0) is 26.2 Å². The SMILES string of the molecule is CCCCNC(=O)[C@H](C)N(Cc1ccc(C)cc1)C(=O)CN(c1ccccc1)S(=O)(=O)c1ccc(F)cc1. The first-order chi connectivity index (χ1) is 18.1. The first kappa shape index (κ1) is 28.8. The number of aryl methyl sites for hydroxylation is 1. The Kier molecular flexibility index (Phi) is 10.0. The van der Waals surface area contributed by atoms with Gasteiger partial charge >= 0.3 is 0 Å². The number of amides is 2. The number of para-hydroxylation sites is 1. The van der Waals surface area contributed by atoms with Crippen LogP contribution in [0.15, 0.2) is 83.8 Å². The van der Waals surface area contributed by atoms with E-state index < -0.39 is 34.3 Å². The minimum Gasteiger partial charge on any atom is -0.354 e. The van der Waals surface area contributed by atoms with Gasteiger partial charge in [0.05, 0.1) is 10.6 Å². The lowest BCUT2D eigenvalue weighted by atomic mass is 10.1. The van der Waals surface area contributed by atoms with Crippen molar-refractivity contribution in [2.75, 3.05) is 17.4 Å². The lowest BCUT2D eigenvalue weighted by Crippen LogP contribution is -2.51. The van der Waals surface area contributed by atoms with Crippen LogP contribution in [0.4, 0.5) is 10.1 Å². The molecule has 3 aromatic rings. The molecular formula is C29H34FN3O4S. The quantitative estimate of drug-likeness (QED) is 0.339. The van der Waals surface area contributed by atoms with Gasteiger partial charge in [-0.3, -0.25) is 13.9 Å². The maximum atomic E-state index is 13.8. The summed E-state index contributed by atoms with van der Waals surface area (Å²) in [5.41, 5.74) is 2.14. The van der Waals surface area contributed by atoms with Crippen molar-refractivity contribution in [2.45, 2.75) is 51.1 Å². The number of hydrogen-bond acceptors (Lipinski definition) is 4. The summed E-state index contributed by atoms with van der Waals surface area (Å²) >= 11 is 0. The molecule has 7 nitrogen and oxygen atoms in total. The Morgan fingerprint density at radius 3 is 2.18 bits per heavy atom. The van der Waals surface area contributed by atoms with Crippen LogP contribution in [0.3, 0.4) is 0 Å². The van der Waals surface area contributed by atoms with E-state index in [2.05, 4.69) is 5.32 Å². The number of carbonyl (C=O) groups excluding carboxylic acids is 2. The Morgan fingerprint density at radius 1 is 0.947 bits per heavy atom. The molecule has 0 aliphatic carbocycles. The van der Waals surface area contributed by atoms with Gasteiger partial charge in [0.15, 0.2) is 0 Å². The van der Waals surface area contributed by atoms with Gasteiger partial charge in [0.1, 0.15) is 18.4 Å². The monoisotopic (exact) mass is 539 g/mol. The molecule has 2 amide bonds. The minimum absolute atomic E-state index is 0.126. The van der Waals surface area contributed by atoms with Gasteiger partial charge in [-0.05, 0) is 62.2 Å². The summed E-state index contributed by atoms with van der Waals surface area (Å²) in [6, 6.07) is 19.4. The molecule has 0 bridgehead atoms. The summed E-state index contributed by atoms with van der Waals surface area (Å²) in [7, 11) is -4.22. The normalized spacial score (nSPS) is 12.0. The Hall–Kier alpha value is -3.72. The van der Waals surface area contributed by atoms with Crippen molar-refractivity contribution in [2.24, 2.45) is 0 Å². The van der Waals surface area contributed by atoms with Crippen molar-refractivity contribution in [1.82, 2.24) is 10.2 Å². The number of nitrogens with zero attached hydrogens (tertiary/aromatic N) is 2. The van der Waals surface area contributed by atoms with E-state index in [1.807, 2.05) is 38.1 Å². The summed E-state index contributed by atoms with van der Waals surface area (Å²) in [5.74, 6) is -1.43. The van der Waals surface area contributed by atoms with Gasteiger partial charge in [-0.15, -0.1) is 0 Å². The fourth-order valence-electron chi connectivity index (χ4n) is 3.87. The van der Waals surface area contributed by atoms with Crippen molar-refractivity contribution in [3.8, 4) is 0 Å². The van der Waals surface area contributed by atoms with E-state index in [-0.39, 0.29) is 23.0 Å². The van der Waals surface area contributed by atoms with E-state index in [1.165, 1.54) is 17.0 Å². The molecule has 0 fully saturated rings. The molecular weight excluding hydrogens is 505 g/mol. The van der Waals surface area contributed by atoms with Crippen molar-refractivity contribution in [3.63, 3.8) is 0 Å². The van der Waals surface area contributed by atoms with Crippen molar-refractivity contribution >= 4 is 27.5 Å². The van der Waals surface area contributed by atoms with Crippen LogP contribution in [0.25, 0.3) is 0 Å². The van der Waals surface area contributed by atoms with Crippen LogP contribution in [-0.4, -0.2) is 44.3 Å². The molecule has 0 aliphatic rings. The zero-order valence-electron chi connectivity index (χ0n) is 21.9. The molecule has 1 atom stereocenters. The van der Waals surface area contributed by atoms with Gasteiger partial charge in [0.2, 0.25) is 11.8 Å². The highest BCUT2D eigenvalue weighted by molar-refractivity contribution is 7.92. The molecule has 9 heteroatoms. The van der Waals surface area contributed by atoms with Gasteiger partial charge in [-0.25, -0.2) is 12.8 Å². The number of carbonyl (C=O) groups is 2. The molecule has 0 heterocycles. The second-order valence-electron chi connectivity index (χ2n) is 9.13. The van der Waals surface area contributed by atoms with Crippen molar-refractivity contribution in [3.05, 3.63) is 95.8 Å². The molecule has 1 N–H and O–H groups in total. The maximum Gasteiger partial charge on any atom is 0.264 e. The Balaban J connectivity index is 1.96. The number of benzene rings is 3. The molecule has 3 rings (SSSR count). The average Bonchev–Trinajstić information content (AvgIpc) is 2.91. The van der Waals surface area contributed by atoms with Gasteiger partial charge in [0.25, 0.3) is 10.0 Å². The van der Waals surface area contributed by atoms with Crippen LogP contribution in [0.1, 0.15) is 37.8 Å². The zero-order chi connectivity index (χ0) is 27.7. The zero-order valence-corrected chi connectivity index (χ0v) is 22.7.